The van der Waals surface area contributed by atoms with Crippen molar-refractivity contribution in [3.63, 3.8) is 0 Å². The van der Waals surface area contributed by atoms with E-state index in [4.69, 9.17) is 5.73 Å². The fourth-order valence-electron chi connectivity index (χ4n) is 2.65. The van der Waals surface area contributed by atoms with Gasteiger partial charge in [0.25, 0.3) is 5.56 Å². The number of thioether (sulfide) groups is 1. The molecule has 3 N–H and O–H groups in total. The number of aromatic nitrogens is 2. The summed E-state index contributed by atoms with van der Waals surface area (Å²) in [5, 5.41) is 4.20. The number of nitrogens with two attached hydrogens (primary N) is 1. The van der Waals surface area contributed by atoms with Crippen LogP contribution in [-0.4, -0.2) is 26.7 Å². The summed E-state index contributed by atoms with van der Waals surface area (Å²) in [7, 11) is 0. The van der Waals surface area contributed by atoms with Crippen LogP contribution in [0.15, 0.2) is 58.3 Å². The van der Waals surface area contributed by atoms with Crippen molar-refractivity contribution in [2.45, 2.75) is 23.9 Å². The minimum Gasteiger partial charge on any atom is -0.351 e. The molecule has 7 nitrogen and oxygen atoms in total. The number of allylic oxidation sites excluding steroid dienone is 1. The van der Waals surface area contributed by atoms with Crippen LogP contribution in [0, 0.1) is 0 Å². The van der Waals surface area contributed by atoms with Crippen LogP contribution >= 0.6 is 23.1 Å². The summed E-state index contributed by atoms with van der Waals surface area (Å²) in [5.74, 6) is -0.548. The highest BCUT2D eigenvalue weighted by atomic mass is 32.2. The summed E-state index contributed by atoms with van der Waals surface area (Å²) in [6.07, 6.45) is 1.60. The number of carbonyl (C=O) groups excluding carboxylic acids is 2. The molecular formula is C19H18N4O3S2. The number of imide groups is 1. The molecule has 144 valence electrons. The van der Waals surface area contributed by atoms with Crippen molar-refractivity contribution >= 4 is 45.3 Å². The SMILES string of the molecule is C=CCn1c(SC(C)C(=O)NC(N)=O)nc2scc(-c3ccccc3)c2c1=O. The highest BCUT2D eigenvalue weighted by molar-refractivity contribution is 8.00. The average molecular weight is 415 g/mol. The van der Waals surface area contributed by atoms with Crippen LogP contribution in [0.5, 0.6) is 0 Å². The molecule has 1 atom stereocenters. The largest absolute Gasteiger partial charge is 0.351 e. The number of fused-ring (bicyclic) bond motifs is 1. The highest BCUT2D eigenvalue weighted by Gasteiger charge is 2.22. The molecule has 0 aliphatic rings. The van der Waals surface area contributed by atoms with Crippen molar-refractivity contribution < 1.29 is 9.59 Å². The van der Waals surface area contributed by atoms with Gasteiger partial charge in [0, 0.05) is 17.5 Å². The van der Waals surface area contributed by atoms with Gasteiger partial charge in [-0.2, -0.15) is 0 Å². The van der Waals surface area contributed by atoms with E-state index < -0.39 is 17.2 Å². The van der Waals surface area contributed by atoms with Crippen LogP contribution in [0.2, 0.25) is 0 Å². The van der Waals surface area contributed by atoms with Gasteiger partial charge >= 0.3 is 6.03 Å². The van der Waals surface area contributed by atoms with Gasteiger partial charge in [0.1, 0.15) is 4.83 Å². The number of hydrogen-bond donors (Lipinski definition) is 2. The number of primary amides is 1. The Morgan fingerprint density at radius 1 is 1.39 bits per heavy atom. The third-order valence-corrected chi connectivity index (χ3v) is 5.92. The zero-order valence-corrected chi connectivity index (χ0v) is 16.7. The van der Waals surface area contributed by atoms with Gasteiger partial charge in [-0.25, -0.2) is 9.78 Å². The quantitative estimate of drug-likeness (QED) is 0.366. The third-order valence-electron chi connectivity index (χ3n) is 3.95. The van der Waals surface area contributed by atoms with Crippen LogP contribution < -0.4 is 16.6 Å². The van der Waals surface area contributed by atoms with Gasteiger partial charge in [0.2, 0.25) is 5.91 Å². The highest BCUT2D eigenvalue weighted by Crippen LogP contribution is 2.32. The number of nitrogens with one attached hydrogen (secondary N) is 1. The molecule has 0 bridgehead atoms. The molecule has 28 heavy (non-hydrogen) atoms. The minimum atomic E-state index is -0.921. The van der Waals surface area contributed by atoms with Crippen LogP contribution in [0.25, 0.3) is 21.3 Å². The molecular weight excluding hydrogens is 396 g/mol. The van der Waals surface area contributed by atoms with E-state index in [1.165, 1.54) is 15.9 Å². The maximum absolute atomic E-state index is 13.2. The lowest BCUT2D eigenvalue weighted by Crippen LogP contribution is -2.39. The van der Waals surface area contributed by atoms with Gasteiger partial charge in [0.15, 0.2) is 5.16 Å². The molecule has 3 amide bonds. The second kappa shape index (κ2) is 8.41. The van der Waals surface area contributed by atoms with E-state index in [0.717, 1.165) is 22.9 Å². The normalized spacial score (nSPS) is 11.9. The molecule has 3 rings (SSSR count). The van der Waals surface area contributed by atoms with Gasteiger partial charge < -0.3 is 5.73 Å². The van der Waals surface area contributed by atoms with Crippen molar-refractivity contribution in [2.75, 3.05) is 0 Å². The Labute approximate surface area is 169 Å². The van der Waals surface area contributed by atoms with Crippen LogP contribution in [-0.2, 0) is 11.3 Å². The zero-order valence-electron chi connectivity index (χ0n) is 15.0. The number of urea groups is 1. The predicted octanol–water partition coefficient (Wildman–Crippen LogP) is 2.99. The van der Waals surface area contributed by atoms with Crippen LogP contribution in [0.3, 0.4) is 0 Å². The third kappa shape index (κ3) is 4.00. The lowest BCUT2D eigenvalue weighted by molar-refractivity contribution is -0.119. The van der Waals surface area contributed by atoms with E-state index in [1.54, 1.807) is 13.0 Å². The summed E-state index contributed by atoms with van der Waals surface area (Å²) < 4.78 is 1.48. The van der Waals surface area contributed by atoms with Crippen LogP contribution in [0.4, 0.5) is 4.79 Å². The fourth-order valence-corrected chi connectivity index (χ4v) is 4.56. The monoisotopic (exact) mass is 414 g/mol. The molecule has 0 aliphatic heterocycles. The number of carbonyl (C=O) groups is 2. The first-order valence-corrected chi connectivity index (χ1v) is 10.1. The number of thiophene rings is 1. The van der Waals surface area contributed by atoms with Crippen molar-refractivity contribution in [1.29, 1.82) is 0 Å². The van der Waals surface area contributed by atoms with Gasteiger partial charge in [-0.05, 0) is 12.5 Å². The maximum Gasteiger partial charge on any atom is 0.318 e. The van der Waals surface area contributed by atoms with E-state index in [0.29, 0.717) is 15.4 Å². The summed E-state index contributed by atoms with van der Waals surface area (Å²) in [6, 6.07) is 8.71. The Morgan fingerprint density at radius 2 is 2.11 bits per heavy atom. The molecule has 2 heterocycles. The first-order valence-electron chi connectivity index (χ1n) is 8.37. The molecule has 0 saturated heterocycles. The smallest absolute Gasteiger partial charge is 0.318 e. The Kier molecular flexibility index (Phi) is 5.96. The molecule has 2 aromatic heterocycles. The van der Waals surface area contributed by atoms with Crippen molar-refractivity contribution in [1.82, 2.24) is 14.9 Å². The number of amides is 3. The van der Waals surface area contributed by atoms with E-state index in [2.05, 4.69) is 11.6 Å². The Balaban J connectivity index is 2.08. The second-order valence-electron chi connectivity index (χ2n) is 5.91. The van der Waals surface area contributed by atoms with Crippen molar-refractivity contribution in [3.05, 3.63) is 58.7 Å². The van der Waals surface area contributed by atoms with Gasteiger partial charge in [-0.1, -0.05) is 48.2 Å². The molecule has 3 aromatic rings. The van der Waals surface area contributed by atoms with Gasteiger partial charge in [0.05, 0.1) is 10.6 Å². The van der Waals surface area contributed by atoms with Crippen molar-refractivity contribution in [3.8, 4) is 11.1 Å². The summed E-state index contributed by atoms with van der Waals surface area (Å²) in [5.41, 5.74) is 6.56. The average Bonchev–Trinajstić information content (AvgIpc) is 3.09. The number of nitrogens with zero attached hydrogens (tertiary/aromatic N) is 2. The number of benzene rings is 1. The molecule has 0 spiro atoms. The van der Waals surface area contributed by atoms with E-state index in [1.807, 2.05) is 41.0 Å². The number of rotatable bonds is 6. The summed E-state index contributed by atoms with van der Waals surface area (Å²) in [4.78, 5) is 41.3. The summed E-state index contributed by atoms with van der Waals surface area (Å²) in [6.45, 7) is 5.57. The van der Waals surface area contributed by atoms with Crippen molar-refractivity contribution in [2.24, 2.45) is 5.73 Å². The molecule has 9 heteroatoms. The first kappa shape index (κ1) is 19.8. The second-order valence-corrected chi connectivity index (χ2v) is 8.07. The first-order chi connectivity index (χ1) is 13.4. The number of hydrogen-bond acceptors (Lipinski definition) is 6. The van der Waals surface area contributed by atoms with Gasteiger partial charge in [-0.15, -0.1) is 17.9 Å². The Bertz CT molecular complexity index is 1110. The molecule has 0 fully saturated rings. The molecule has 1 aromatic carbocycles. The maximum atomic E-state index is 13.2. The molecule has 0 aliphatic carbocycles. The minimum absolute atomic E-state index is 0.199. The van der Waals surface area contributed by atoms with E-state index in [-0.39, 0.29) is 12.1 Å². The molecule has 1 unspecified atom stereocenters. The topological polar surface area (TPSA) is 107 Å². The van der Waals surface area contributed by atoms with Crippen LogP contribution in [0.1, 0.15) is 6.92 Å². The predicted molar refractivity (Wildman–Crippen MR) is 113 cm³/mol. The fraction of sp³-hybridized carbons (Fsp3) is 0.158. The lowest BCUT2D eigenvalue weighted by atomic mass is 10.1. The molecule has 0 saturated carbocycles. The standard InChI is InChI=1S/C19H18N4O3S2/c1-3-9-23-17(25)14-13(12-7-5-4-6-8-12)10-27-16(14)22-19(23)28-11(2)15(24)21-18(20)26/h3-8,10-11H,1,9H2,2H3,(H3,20,21,24,26). The van der Waals surface area contributed by atoms with Gasteiger partial charge in [-0.3, -0.25) is 19.5 Å². The lowest BCUT2D eigenvalue weighted by Gasteiger charge is -2.14. The van der Waals surface area contributed by atoms with E-state index in [9.17, 15) is 14.4 Å². The molecule has 0 radical (unpaired) electrons. The Hall–Kier alpha value is -2.91. The van der Waals surface area contributed by atoms with E-state index >= 15 is 0 Å². The zero-order chi connectivity index (χ0) is 20.3. The Morgan fingerprint density at radius 3 is 2.75 bits per heavy atom. The summed E-state index contributed by atoms with van der Waals surface area (Å²) >= 11 is 2.46.